The van der Waals surface area contributed by atoms with E-state index in [1.165, 1.54) is 12.3 Å². The van der Waals surface area contributed by atoms with Gasteiger partial charge in [-0.3, -0.25) is 9.78 Å². The van der Waals surface area contributed by atoms with Gasteiger partial charge in [-0.05, 0) is 12.8 Å². The van der Waals surface area contributed by atoms with Gasteiger partial charge >= 0.3 is 0 Å². The fourth-order valence-electron chi connectivity index (χ4n) is 1.48. The van der Waals surface area contributed by atoms with Crippen LogP contribution < -0.4 is 10.9 Å². The first-order valence-corrected chi connectivity index (χ1v) is 4.75. The lowest BCUT2D eigenvalue weighted by atomic mass is 10.2. The number of rotatable bonds is 3. The predicted octanol–water partition coefficient (Wildman–Crippen LogP) is 0.361. The molecule has 1 aromatic rings. The number of H-pyrrole nitrogens is 1. The Bertz CT molecular complexity index is 344. The van der Waals surface area contributed by atoms with Gasteiger partial charge in [-0.25, -0.2) is 4.98 Å². The highest BCUT2D eigenvalue weighted by molar-refractivity contribution is 5.22. The molecule has 0 aromatic carbocycles. The van der Waals surface area contributed by atoms with Crippen molar-refractivity contribution in [2.24, 2.45) is 0 Å². The first-order valence-electron chi connectivity index (χ1n) is 4.75. The molecule has 1 aliphatic heterocycles. The van der Waals surface area contributed by atoms with Crippen LogP contribution in [0.25, 0.3) is 0 Å². The van der Waals surface area contributed by atoms with Crippen molar-refractivity contribution >= 4 is 5.95 Å². The monoisotopic (exact) mass is 195 g/mol. The molecule has 76 valence electrons. The number of anilines is 1. The third-order valence-corrected chi connectivity index (χ3v) is 2.19. The lowest BCUT2D eigenvalue weighted by Crippen LogP contribution is -2.21. The highest BCUT2D eigenvalue weighted by Crippen LogP contribution is 2.11. The third kappa shape index (κ3) is 2.32. The van der Waals surface area contributed by atoms with Crippen LogP contribution in [0.15, 0.2) is 17.1 Å². The number of hydrogen-bond acceptors (Lipinski definition) is 4. The maximum absolute atomic E-state index is 10.9. The van der Waals surface area contributed by atoms with Crippen LogP contribution in [-0.2, 0) is 4.74 Å². The zero-order valence-corrected chi connectivity index (χ0v) is 7.82. The van der Waals surface area contributed by atoms with E-state index >= 15 is 0 Å². The van der Waals surface area contributed by atoms with Crippen molar-refractivity contribution < 1.29 is 4.74 Å². The molecule has 2 N–H and O–H groups in total. The molecular formula is C9H13N3O2. The van der Waals surface area contributed by atoms with Gasteiger partial charge in [-0.15, -0.1) is 0 Å². The lowest BCUT2D eigenvalue weighted by molar-refractivity contribution is 0.120. The molecule has 0 amide bonds. The standard InChI is InChI=1S/C9H13N3O2/c13-8-3-4-10-9(12-8)11-6-7-2-1-5-14-7/h3-4,7H,1-2,5-6H2,(H2,10,11,12,13)/t7-/m1/s1. The molecule has 0 aliphatic carbocycles. The fraction of sp³-hybridized carbons (Fsp3) is 0.556. The van der Waals surface area contributed by atoms with Crippen LogP contribution in [-0.4, -0.2) is 29.2 Å². The minimum atomic E-state index is -0.144. The molecule has 0 unspecified atom stereocenters. The van der Waals surface area contributed by atoms with Crippen molar-refractivity contribution in [3.63, 3.8) is 0 Å². The van der Waals surface area contributed by atoms with E-state index in [4.69, 9.17) is 4.74 Å². The molecule has 1 saturated heterocycles. The van der Waals surface area contributed by atoms with Gasteiger partial charge in [-0.1, -0.05) is 0 Å². The number of aromatic amines is 1. The highest BCUT2D eigenvalue weighted by Gasteiger charge is 2.14. The Hall–Kier alpha value is -1.36. The molecule has 0 radical (unpaired) electrons. The average Bonchev–Trinajstić information content (AvgIpc) is 2.67. The van der Waals surface area contributed by atoms with Crippen LogP contribution in [0, 0.1) is 0 Å². The first kappa shape index (κ1) is 9.21. The molecule has 1 fully saturated rings. The Morgan fingerprint density at radius 2 is 2.64 bits per heavy atom. The summed E-state index contributed by atoms with van der Waals surface area (Å²) in [7, 11) is 0. The quantitative estimate of drug-likeness (QED) is 0.730. The molecule has 2 rings (SSSR count). The van der Waals surface area contributed by atoms with Gasteiger partial charge in [-0.2, -0.15) is 0 Å². The van der Waals surface area contributed by atoms with Gasteiger partial charge in [0.05, 0.1) is 6.10 Å². The smallest absolute Gasteiger partial charge is 0.252 e. The SMILES string of the molecule is O=c1ccnc(NC[C@H]2CCCO2)[nH]1. The minimum absolute atomic E-state index is 0.144. The Balaban J connectivity index is 1.88. The summed E-state index contributed by atoms with van der Waals surface area (Å²) < 4.78 is 5.42. The molecular weight excluding hydrogens is 182 g/mol. The van der Waals surface area contributed by atoms with Crippen molar-refractivity contribution in [3.8, 4) is 0 Å². The van der Waals surface area contributed by atoms with Crippen LogP contribution >= 0.6 is 0 Å². The van der Waals surface area contributed by atoms with Crippen LogP contribution in [0.1, 0.15) is 12.8 Å². The summed E-state index contributed by atoms with van der Waals surface area (Å²) in [6, 6.07) is 1.39. The molecule has 5 heteroatoms. The van der Waals surface area contributed by atoms with E-state index in [2.05, 4.69) is 15.3 Å². The summed E-state index contributed by atoms with van der Waals surface area (Å²) in [5.41, 5.74) is -0.144. The molecule has 0 saturated carbocycles. The summed E-state index contributed by atoms with van der Waals surface area (Å²) in [4.78, 5) is 17.5. The van der Waals surface area contributed by atoms with Crippen molar-refractivity contribution in [2.75, 3.05) is 18.5 Å². The van der Waals surface area contributed by atoms with Gasteiger partial charge in [0.15, 0.2) is 0 Å². The summed E-state index contributed by atoms with van der Waals surface area (Å²) in [5.74, 6) is 0.507. The maximum Gasteiger partial charge on any atom is 0.252 e. The van der Waals surface area contributed by atoms with E-state index in [1.807, 2.05) is 0 Å². The summed E-state index contributed by atoms with van der Waals surface area (Å²) in [6.07, 6.45) is 3.92. The fourth-order valence-corrected chi connectivity index (χ4v) is 1.48. The van der Waals surface area contributed by atoms with E-state index < -0.39 is 0 Å². The molecule has 2 heterocycles. The van der Waals surface area contributed by atoms with E-state index in [0.717, 1.165) is 19.4 Å². The zero-order chi connectivity index (χ0) is 9.80. The maximum atomic E-state index is 10.9. The van der Waals surface area contributed by atoms with E-state index in [9.17, 15) is 4.79 Å². The van der Waals surface area contributed by atoms with Gasteiger partial charge < -0.3 is 10.1 Å². The average molecular weight is 195 g/mol. The molecule has 0 bridgehead atoms. The third-order valence-electron chi connectivity index (χ3n) is 2.19. The molecule has 1 aromatic heterocycles. The van der Waals surface area contributed by atoms with Gasteiger partial charge in [0.2, 0.25) is 5.95 Å². The molecule has 14 heavy (non-hydrogen) atoms. The summed E-state index contributed by atoms with van der Waals surface area (Å²) in [6.45, 7) is 1.54. The van der Waals surface area contributed by atoms with Crippen LogP contribution in [0.2, 0.25) is 0 Å². The Labute approximate surface area is 81.5 Å². The van der Waals surface area contributed by atoms with E-state index in [-0.39, 0.29) is 11.7 Å². The van der Waals surface area contributed by atoms with Gasteiger partial charge in [0, 0.05) is 25.4 Å². The Morgan fingerprint density at radius 3 is 3.36 bits per heavy atom. The largest absolute Gasteiger partial charge is 0.376 e. The zero-order valence-electron chi connectivity index (χ0n) is 7.82. The Morgan fingerprint density at radius 1 is 1.71 bits per heavy atom. The second-order valence-electron chi connectivity index (χ2n) is 3.30. The van der Waals surface area contributed by atoms with E-state index in [0.29, 0.717) is 12.5 Å². The van der Waals surface area contributed by atoms with Gasteiger partial charge in [0.25, 0.3) is 5.56 Å². The van der Waals surface area contributed by atoms with Crippen molar-refractivity contribution in [1.82, 2.24) is 9.97 Å². The molecule has 0 spiro atoms. The normalized spacial score (nSPS) is 21.0. The number of hydrogen-bond donors (Lipinski definition) is 2. The topological polar surface area (TPSA) is 67.0 Å². The number of nitrogens with zero attached hydrogens (tertiary/aromatic N) is 1. The first-order chi connectivity index (χ1) is 6.84. The van der Waals surface area contributed by atoms with Crippen molar-refractivity contribution in [2.45, 2.75) is 18.9 Å². The molecule has 5 nitrogen and oxygen atoms in total. The molecule has 1 aliphatic rings. The number of aromatic nitrogens is 2. The highest BCUT2D eigenvalue weighted by atomic mass is 16.5. The minimum Gasteiger partial charge on any atom is -0.376 e. The van der Waals surface area contributed by atoms with Crippen LogP contribution in [0.3, 0.4) is 0 Å². The second-order valence-corrected chi connectivity index (χ2v) is 3.30. The predicted molar refractivity (Wildman–Crippen MR) is 52.3 cm³/mol. The lowest BCUT2D eigenvalue weighted by Gasteiger charge is -2.10. The van der Waals surface area contributed by atoms with E-state index in [1.54, 1.807) is 0 Å². The van der Waals surface area contributed by atoms with Crippen molar-refractivity contribution in [3.05, 3.63) is 22.6 Å². The van der Waals surface area contributed by atoms with Crippen LogP contribution in [0.4, 0.5) is 5.95 Å². The number of ether oxygens (including phenoxy) is 1. The van der Waals surface area contributed by atoms with Crippen molar-refractivity contribution in [1.29, 1.82) is 0 Å². The summed E-state index contributed by atoms with van der Waals surface area (Å²) >= 11 is 0. The molecule has 1 atom stereocenters. The Kier molecular flexibility index (Phi) is 2.78. The van der Waals surface area contributed by atoms with Crippen LogP contribution in [0.5, 0.6) is 0 Å². The van der Waals surface area contributed by atoms with Gasteiger partial charge in [0.1, 0.15) is 0 Å². The second kappa shape index (κ2) is 4.23. The number of nitrogens with one attached hydrogen (secondary N) is 2. The summed E-state index contributed by atoms with van der Waals surface area (Å²) in [5, 5.41) is 3.04.